The highest BCUT2D eigenvalue weighted by molar-refractivity contribution is 5.82. The van der Waals surface area contributed by atoms with E-state index in [1.165, 1.54) is 4.90 Å². The summed E-state index contributed by atoms with van der Waals surface area (Å²) in [5, 5.41) is 24.4. The molecule has 182 valence electrons. The highest BCUT2D eigenvalue weighted by Gasteiger charge is 2.77. The van der Waals surface area contributed by atoms with E-state index in [4.69, 9.17) is 14.2 Å². The summed E-state index contributed by atoms with van der Waals surface area (Å²) in [6, 6.07) is 21.8. The first-order valence-electron chi connectivity index (χ1n) is 11.5. The van der Waals surface area contributed by atoms with Crippen LogP contribution < -0.4 is 14.2 Å². The summed E-state index contributed by atoms with van der Waals surface area (Å²) in [6.45, 7) is 0. The molecule has 1 aliphatic heterocycles. The monoisotopic (exact) mass is 475 g/mol. The minimum atomic E-state index is -1.92. The zero-order valence-electron chi connectivity index (χ0n) is 20.1. The summed E-state index contributed by atoms with van der Waals surface area (Å²) in [4.78, 5) is 15.0. The number of hydrogen-bond donors (Lipinski definition) is 2. The van der Waals surface area contributed by atoms with Gasteiger partial charge in [-0.2, -0.15) is 0 Å². The third-order valence-electron chi connectivity index (χ3n) is 7.41. The lowest BCUT2D eigenvalue weighted by Crippen LogP contribution is -2.52. The highest BCUT2D eigenvalue weighted by Crippen LogP contribution is 2.68. The van der Waals surface area contributed by atoms with Crippen molar-refractivity contribution >= 4 is 5.91 Å². The summed E-state index contributed by atoms with van der Waals surface area (Å²) < 4.78 is 17.5. The first kappa shape index (κ1) is 23.2. The molecule has 7 nitrogen and oxygen atoms in total. The summed E-state index contributed by atoms with van der Waals surface area (Å²) in [6.07, 6.45) is -1.45. The fourth-order valence-corrected chi connectivity index (χ4v) is 5.83. The van der Waals surface area contributed by atoms with Gasteiger partial charge in [0.2, 0.25) is 5.91 Å². The lowest BCUT2D eigenvalue weighted by atomic mass is 9.70. The number of nitrogens with zero attached hydrogens (tertiary/aromatic N) is 1. The number of methoxy groups -OCH3 is 2. The van der Waals surface area contributed by atoms with Gasteiger partial charge in [-0.1, -0.05) is 42.5 Å². The fraction of sp³-hybridized carbons (Fsp3) is 0.321. The minimum absolute atomic E-state index is 0.291. The van der Waals surface area contributed by atoms with Gasteiger partial charge in [0.05, 0.1) is 20.1 Å². The zero-order valence-corrected chi connectivity index (χ0v) is 20.1. The van der Waals surface area contributed by atoms with Crippen LogP contribution in [0.5, 0.6) is 17.2 Å². The zero-order chi connectivity index (χ0) is 25.0. The SMILES string of the molecule is COc1ccc([C@@]23Oc4cc(OC)ccc4[C@]2(O)[C@H](O)[C@H](C(=O)N(C)C)[C@H]3c2ccccc2)cc1. The van der Waals surface area contributed by atoms with Crippen molar-refractivity contribution in [2.45, 2.75) is 23.2 Å². The molecule has 0 saturated heterocycles. The van der Waals surface area contributed by atoms with Crippen molar-refractivity contribution in [1.82, 2.24) is 4.90 Å². The molecule has 0 spiro atoms. The maximum atomic E-state index is 13.6. The van der Waals surface area contributed by atoms with Crippen molar-refractivity contribution in [3.8, 4) is 17.2 Å². The van der Waals surface area contributed by atoms with Gasteiger partial charge in [0.1, 0.15) is 23.4 Å². The molecule has 7 heteroatoms. The first-order valence-corrected chi connectivity index (χ1v) is 11.5. The smallest absolute Gasteiger partial charge is 0.228 e. The Bertz CT molecular complexity index is 1240. The molecule has 3 aromatic carbocycles. The van der Waals surface area contributed by atoms with Gasteiger partial charge >= 0.3 is 0 Å². The second-order valence-corrected chi connectivity index (χ2v) is 9.29. The van der Waals surface area contributed by atoms with Crippen molar-refractivity contribution in [2.24, 2.45) is 5.92 Å². The van der Waals surface area contributed by atoms with Gasteiger partial charge in [-0.05, 0) is 35.4 Å². The minimum Gasteiger partial charge on any atom is -0.497 e. The molecule has 2 aliphatic rings. The molecule has 3 aromatic rings. The van der Waals surface area contributed by atoms with Crippen molar-refractivity contribution in [1.29, 1.82) is 0 Å². The van der Waals surface area contributed by atoms with Gasteiger partial charge in [0.25, 0.3) is 0 Å². The lowest BCUT2D eigenvalue weighted by Gasteiger charge is -2.40. The second kappa shape index (κ2) is 8.29. The summed E-state index contributed by atoms with van der Waals surface area (Å²) in [5.74, 6) is -0.357. The number of rotatable bonds is 5. The second-order valence-electron chi connectivity index (χ2n) is 9.29. The molecule has 1 heterocycles. The van der Waals surface area contributed by atoms with Crippen molar-refractivity contribution < 1.29 is 29.2 Å². The summed E-state index contributed by atoms with van der Waals surface area (Å²) in [5.41, 5.74) is -1.60. The normalized spacial score (nSPS) is 28.6. The van der Waals surface area contributed by atoms with Gasteiger partial charge in [0.15, 0.2) is 11.2 Å². The Morgan fingerprint density at radius 3 is 2.17 bits per heavy atom. The molecule has 1 amide bonds. The number of amides is 1. The van der Waals surface area contributed by atoms with Crippen molar-refractivity contribution in [3.05, 3.63) is 89.5 Å². The molecule has 35 heavy (non-hydrogen) atoms. The molecule has 0 bridgehead atoms. The van der Waals surface area contributed by atoms with Crippen LogP contribution in [0.1, 0.15) is 22.6 Å². The fourth-order valence-electron chi connectivity index (χ4n) is 5.83. The maximum absolute atomic E-state index is 13.6. The van der Waals surface area contributed by atoms with Gasteiger partial charge in [-0.3, -0.25) is 4.79 Å². The topological polar surface area (TPSA) is 88.5 Å². The van der Waals surface area contributed by atoms with Crippen LogP contribution in [0.4, 0.5) is 0 Å². The molecule has 2 N–H and O–H groups in total. The van der Waals surface area contributed by atoms with E-state index in [0.717, 1.165) is 5.56 Å². The Morgan fingerprint density at radius 1 is 0.943 bits per heavy atom. The largest absolute Gasteiger partial charge is 0.497 e. The maximum Gasteiger partial charge on any atom is 0.228 e. The average Bonchev–Trinajstić information content (AvgIpc) is 3.26. The van der Waals surface area contributed by atoms with E-state index < -0.39 is 29.1 Å². The Labute approximate surface area is 204 Å². The van der Waals surface area contributed by atoms with E-state index in [2.05, 4.69) is 0 Å². The molecule has 1 saturated carbocycles. The summed E-state index contributed by atoms with van der Waals surface area (Å²) in [7, 11) is 6.43. The quantitative estimate of drug-likeness (QED) is 0.590. The van der Waals surface area contributed by atoms with Crippen LogP contribution in [0.3, 0.4) is 0 Å². The first-order chi connectivity index (χ1) is 16.8. The molecular weight excluding hydrogens is 446 g/mol. The van der Waals surface area contributed by atoms with Gasteiger partial charge in [0, 0.05) is 31.6 Å². The van der Waals surface area contributed by atoms with Gasteiger partial charge < -0.3 is 29.3 Å². The molecule has 5 rings (SSSR count). The van der Waals surface area contributed by atoms with Gasteiger partial charge in [-0.25, -0.2) is 0 Å². The number of benzene rings is 3. The predicted octanol–water partition coefficient (Wildman–Crippen LogP) is 3.04. The van der Waals surface area contributed by atoms with Crippen LogP contribution in [0.2, 0.25) is 0 Å². The molecule has 0 unspecified atom stereocenters. The van der Waals surface area contributed by atoms with Crippen LogP contribution in [0.15, 0.2) is 72.8 Å². The number of fused-ring (bicyclic) bond motifs is 3. The van der Waals surface area contributed by atoms with E-state index >= 15 is 0 Å². The van der Waals surface area contributed by atoms with Gasteiger partial charge in [-0.15, -0.1) is 0 Å². The molecule has 1 fully saturated rings. The Morgan fingerprint density at radius 2 is 1.57 bits per heavy atom. The van der Waals surface area contributed by atoms with E-state index in [9.17, 15) is 15.0 Å². The number of hydrogen-bond acceptors (Lipinski definition) is 6. The van der Waals surface area contributed by atoms with Crippen LogP contribution >= 0.6 is 0 Å². The van der Waals surface area contributed by atoms with E-state index in [1.807, 2.05) is 42.5 Å². The number of carbonyl (C=O) groups excluding carboxylic acids is 1. The molecule has 1 aliphatic carbocycles. The van der Waals surface area contributed by atoms with Crippen LogP contribution in [0.25, 0.3) is 0 Å². The van der Waals surface area contributed by atoms with Crippen molar-refractivity contribution in [2.75, 3.05) is 28.3 Å². The predicted molar refractivity (Wildman–Crippen MR) is 130 cm³/mol. The van der Waals surface area contributed by atoms with Crippen LogP contribution in [-0.2, 0) is 16.0 Å². The molecule has 5 atom stereocenters. The van der Waals surface area contributed by atoms with E-state index in [0.29, 0.717) is 28.4 Å². The van der Waals surface area contributed by atoms with E-state index in [1.54, 1.807) is 58.6 Å². The molecule has 0 aromatic heterocycles. The third-order valence-corrected chi connectivity index (χ3v) is 7.41. The number of ether oxygens (including phenoxy) is 3. The standard InChI is InChI=1S/C28H29NO6/c1-29(2)26(31)23-24(17-8-6-5-7-9-17)28(18-10-12-19(33-3)13-11-18)27(32,25(23)30)21-15-14-20(34-4)16-22(21)35-28/h5-16,23-25,30,32H,1-4H3/t23-,24-,25-,27+,28+/m1/s1. The Hall–Kier alpha value is -3.55. The molecule has 0 radical (unpaired) electrons. The number of aliphatic hydroxyl groups excluding tert-OH is 1. The van der Waals surface area contributed by atoms with E-state index in [-0.39, 0.29) is 5.91 Å². The summed E-state index contributed by atoms with van der Waals surface area (Å²) >= 11 is 0. The molecular formula is C28H29NO6. The van der Waals surface area contributed by atoms with Crippen LogP contribution in [-0.4, -0.2) is 55.4 Å². The Kier molecular flexibility index (Phi) is 5.49. The Balaban J connectivity index is 1.84. The lowest BCUT2D eigenvalue weighted by molar-refractivity contribution is -0.155. The number of aliphatic hydroxyl groups is 2. The van der Waals surface area contributed by atoms with Crippen LogP contribution in [0, 0.1) is 5.92 Å². The number of carbonyl (C=O) groups is 1. The highest BCUT2D eigenvalue weighted by atomic mass is 16.5. The third kappa shape index (κ3) is 3.08. The van der Waals surface area contributed by atoms with Crippen molar-refractivity contribution in [3.63, 3.8) is 0 Å². The average molecular weight is 476 g/mol.